The maximum atomic E-state index is 12.4. The van der Waals surface area contributed by atoms with Crippen LogP contribution in [-0.2, 0) is 4.79 Å². The van der Waals surface area contributed by atoms with E-state index in [1.807, 2.05) is 59.1 Å². The number of carbonyl (C=O) groups is 1. The number of hydrogen-bond donors (Lipinski definition) is 1. The minimum Gasteiger partial charge on any atom is -0.310 e. The van der Waals surface area contributed by atoms with Crippen molar-refractivity contribution < 1.29 is 4.79 Å². The molecule has 1 fully saturated rings. The van der Waals surface area contributed by atoms with Crippen molar-refractivity contribution in [2.45, 2.75) is 13.3 Å². The van der Waals surface area contributed by atoms with Gasteiger partial charge in [-0.1, -0.05) is 43.3 Å². The molecular formula is C18H17N3O. The summed E-state index contributed by atoms with van der Waals surface area (Å²) >= 11 is 0. The molecular weight excluding hydrogens is 274 g/mol. The molecule has 0 aliphatic heterocycles. The van der Waals surface area contributed by atoms with Crippen LogP contribution in [0, 0.1) is 11.8 Å². The highest BCUT2D eigenvalue weighted by Gasteiger charge is 2.39. The van der Waals surface area contributed by atoms with E-state index < -0.39 is 0 Å². The van der Waals surface area contributed by atoms with Gasteiger partial charge in [0, 0.05) is 17.7 Å². The lowest BCUT2D eigenvalue weighted by Gasteiger charge is -2.07. The molecule has 3 aromatic rings. The molecule has 2 unspecified atom stereocenters. The van der Waals surface area contributed by atoms with Gasteiger partial charge in [-0.3, -0.25) is 9.20 Å². The van der Waals surface area contributed by atoms with E-state index in [0.717, 1.165) is 29.1 Å². The number of rotatable bonds is 3. The number of fused-ring (bicyclic) bond motifs is 1. The van der Waals surface area contributed by atoms with Crippen LogP contribution >= 0.6 is 0 Å². The lowest BCUT2D eigenvalue weighted by Crippen LogP contribution is -2.16. The molecule has 2 aromatic heterocycles. The zero-order valence-electron chi connectivity index (χ0n) is 12.4. The fourth-order valence-electron chi connectivity index (χ4n) is 2.81. The van der Waals surface area contributed by atoms with Crippen LogP contribution in [0.5, 0.6) is 0 Å². The second kappa shape index (κ2) is 4.98. The summed E-state index contributed by atoms with van der Waals surface area (Å²) < 4.78 is 1.94. The molecule has 1 aliphatic carbocycles. The molecule has 2 heterocycles. The molecule has 0 spiro atoms. The summed E-state index contributed by atoms with van der Waals surface area (Å²) in [5.74, 6) is 1.47. The van der Waals surface area contributed by atoms with Crippen molar-refractivity contribution in [1.82, 2.24) is 9.38 Å². The predicted octanol–water partition coefficient (Wildman–Crippen LogP) is 3.60. The van der Waals surface area contributed by atoms with Gasteiger partial charge in [0.25, 0.3) is 0 Å². The molecule has 2 atom stereocenters. The Morgan fingerprint density at radius 2 is 1.91 bits per heavy atom. The second-order valence-corrected chi connectivity index (χ2v) is 5.91. The Balaban J connectivity index is 1.81. The molecule has 22 heavy (non-hydrogen) atoms. The summed E-state index contributed by atoms with van der Waals surface area (Å²) in [6, 6.07) is 15.8. The number of nitrogens with zero attached hydrogens (tertiary/aromatic N) is 2. The highest BCUT2D eigenvalue weighted by Crippen LogP contribution is 2.39. The fourth-order valence-corrected chi connectivity index (χ4v) is 2.81. The molecule has 1 aromatic carbocycles. The average Bonchev–Trinajstić information content (AvgIpc) is 3.18. The van der Waals surface area contributed by atoms with Crippen LogP contribution in [0.3, 0.4) is 0 Å². The van der Waals surface area contributed by atoms with E-state index in [0.29, 0.717) is 5.92 Å². The van der Waals surface area contributed by atoms with Crippen molar-refractivity contribution in [1.29, 1.82) is 0 Å². The summed E-state index contributed by atoms with van der Waals surface area (Å²) in [6.07, 6.45) is 2.91. The Labute approximate surface area is 128 Å². The number of carbonyl (C=O) groups excluding carboxylic acids is 1. The lowest BCUT2D eigenvalue weighted by molar-refractivity contribution is -0.117. The Kier molecular flexibility index (Phi) is 2.96. The van der Waals surface area contributed by atoms with Gasteiger partial charge in [0.2, 0.25) is 5.91 Å². The van der Waals surface area contributed by atoms with Crippen LogP contribution in [-0.4, -0.2) is 15.3 Å². The van der Waals surface area contributed by atoms with Gasteiger partial charge in [-0.2, -0.15) is 0 Å². The van der Waals surface area contributed by atoms with Crippen LogP contribution < -0.4 is 5.32 Å². The summed E-state index contributed by atoms with van der Waals surface area (Å²) in [4.78, 5) is 17.0. The van der Waals surface area contributed by atoms with Crippen LogP contribution in [0.25, 0.3) is 16.9 Å². The van der Waals surface area contributed by atoms with Crippen LogP contribution in [0.1, 0.15) is 13.3 Å². The Hall–Kier alpha value is -2.62. The zero-order chi connectivity index (χ0) is 15.1. The van der Waals surface area contributed by atoms with Crippen LogP contribution in [0.4, 0.5) is 5.82 Å². The Bertz CT molecular complexity index is 838. The van der Waals surface area contributed by atoms with E-state index >= 15 is 0 Å². The first-order valence-electron chi connectivity index (χ1n) is 7.57. The quantitative estimate of drug-likeness (QED) is 0.801. The Morgan fingerprint density at radius 1 is 1.18 bits per heavy atom. The zero-order valence-corrected chi connectivity index (χ0v) is 12.4. The van der Waals surface area contributed by atoms with E-state index in [-0.39, 0.29) is 11.8 Å². The lowest BCUT2D eigenvalue weighted by atomic mass is 10.1. The van der Waals surface area contributed by atoms with E-state index in [2.05, 4.69) is 17.2 Å². The first kappa shape index (κ1) is 13.1. The molecule has 0 radical (unpaired) electrons. The van der Waals surface area contributed by atoms with Crippen molar-refractivity contribution in [2.75, 3.05) is 5.32 Å². The van der Waals surface area contributed by atoms with Gasteiger partial charge in [-0.05, 0) is 24.5 Å². The third-order valence-electron chi connectivity index (χ3n) is 4.26. The van der Waals surface area contributed by atoms with Crippen molar-refractivity contribution in [2.24, 2.45) is 11.8 Å². The van der Waals surface area contributed by atoms with Gasteiger partial charge >= 0.3 is 0 Å². The minimum atomic E-state index is 0.0929. The predicted molar refractivity (Wildman–Crippen MR) is 86.5 cm³/mol. The van der Waals surface area contributed by atoms with Crippen molar-refractivity contribution >= 4 is 17.4 Å². The Morgan fingerprint density at radius 3 is 2.64 bits per heavy atom. The summed E-state index contributed by atoms with van der Waals surface area (Å²) in [5.41, 5.74) is 2.65. The molecule has 4 heteroatoms. The highest BCUT2D eigenvalue weighted by atomic mass is 16.2. The normalized spacial score (nSPS) is 20.0. The molecule has 110 valence electrons. The van der Waals surface area contributed by atoms with Gasteiger partial charge in [0.1, 0.15) is 17.2 Å². The molecule has 1 N–H and O–H groups in total. The highest BCUT2D eigenvalue weighted by molar-refractivity contribution is 5.97. The maximum absolute atomic E-state index is 12.4. The number of nitrogens with one attached hydrogen (secondary N) is 1. The number of benzene rings is 1. The summed E-state index contributed by atoms with van der Waals surface area (Å²) in [5, 5.41) is 3.09. The largest absolute Gasteiger partial charge is 0.310 e. The number of aromatic nitrogens is 2. The van der Waals surface area contributed by atoms with Crippen LogP contribution in [0.15, 0.2) is 54.7 Å². The molecule has 1 saturated carbocycles. The number of anilines is 1. The molecule has 4 rings (SSSR count). The first-order chi connectivity index (χ1) is 10.7. The van der Waals surface area contributed by atoms with Crippen LogP contribution in [0.2, 0.25) is 0 Å². The SMILES string of the molecule is CC1CC1C(=O)Nc1c(-c2ccccc2)nc2ccccn12. The first-order valence-corrected chi connectivity index (χ1v) is 7.57. The average molecular weight is 291 g/mol. The number of imidazole rings is 1. The summed E-state index contributed by atoms with van der Waals surface area (Å²) in [6.45, 7) is 2.11. The smallest absolute Gasteiger partial charge is 0.228 e. The van der Waals surface area contributed by atoms with E-state index in [4.69, 9.17) is 0 Å². The second-order valence-electron chi connectivity index (χ2n) is 5.91. The van der Waals surface area contributed by atoms with Gasteiger partial charge in [-0.25, -0.2) is 4.98 Å². The molecule has 1 aliphatic rings. The maximum Gasteiger partial charge on any atom is 0.228 e. The van der Waals surface area contributed by atoms with Crippen molar-refractivity contribution in [3.05, 3.63) is 54.7 Å². The third-order valence-corrected chi connectivity index (χ3v) is 4.26. The van der Waals surface area contributed by atoms with Crippen molar-refractivity contribution in [3.8, 4) is 11.3 Å². The van der Waals surface area contributed by atoms with Gasteiger partial charge in [0.15, 0.2) is 0 Å². The topological polar surface area (TPSA) is 46.4 Å². The number of pyridine rings is 1. The van der Waals surface area contributed by atoms with Gasteiger partial charge in [0.05, 0.1) is 0 Å². The fraction of sp³-hybridized carbons (Fsp3) is 0.222. The number of amides is 1. The van der Waals surface area contributed by atoms with Gasteiger partial charge in [-0.15, -0.1) is 0 Å². The van der Waals surface area contributed by atoms with E-state index in [1.54, 1.807) is 0 Å². The van der Waals surface area contributed by atoms with Crippen molar-refractivity contribution in [3.63, 3.8) is 0 Å². The van der Waals surface area contributed by atoms with E-state index in [9.17, 15) is 4.79 Å². The molecule has 0 bridgehead atoms. The van der Waals surface area contributed by atoms with Gasteiger partial charge < -0.3 is 5.32 Å². The summed E-state index contributed by atoms with van der Waals surface area (Å²) in [7, 11) is 0. The number of hydrogen-bond acceptors (Lipinski definition) is 2. The standard InChI is InChI=1S/C18H17N3O/c1-12-11-14(12)18(22)20-17-16(13-7-3-2-4-8-13)19-15-9-5-6-10-21(15)17/h2-10,12,14H,11H2,1H3,(H,20,22). The molecule has 0 saturated heterocycles. The van der Waals surface area contributed by atoms with E-state index in [1.165, 1.54) is 0 Å². The molecule has 1 amide bonds. The molecule has 4 nitrogen and oxygen atoms in total. The third kappa shape index (κ3) is 2.17. The monoisotopic (exact) mass is 291 g/mol. The minimum absolute atomic E-state index is 0.0929.